The third-order valence-corrected chi connectivity index (χ3v) is 4.85. The van der Waals surface area contributed by atoms with Crippen molar-refractivity contribution in [2.45, 2.75) is 31.2 Å². The molecule has 1 N–H and O–H groups in total. The maximum absolute atomic E-state index is 12.7. The number of benzene rings is 2. The summed E-state index contributed by atoms with van der Waals surface area (Å²) < 4.78 is 43.7. The molecule has 0 atom stereocenters. The summed E-state index contributed by atoms with van der Waals surface area (Å²) in [4.78, 5) is 12.0. The van der Waals surface area contributed by atoms with Gasteiger partial charge in [0.2, 0.25) is 11.8 Å². The van der Waals surface area contributed by atoms with E-state index in [0.717, 1.165) is 35.9 Å². The van der Waals surface area contributed by atoms with Crippen LogP contribution in [-0.4, -0.2) is 21.9 Å². The lowest BCUT2D eigenvalue weighted by atomic mass is 10.1. The number of alkyl halides is 3. The molecule has 0 bridgehead atoms. The molecule has 1 amide bonds. The first-order valence-corrected chi connectivity index (χ1v) is 9.82. The Morgan fingerprint density at radius 2 is 1.83 bits per heavy atom. The molecule has 1 heterocycles. The van der Waals surface area contributed by atoms with Crippen LogP contribution >= 0.6 is 11.8 Å². The molecule has 0 saturated heterocycles. The highest BCUT2D eigenvalue weighted by Gasteiger charge is 2.30. The molecule has 2 aromatic carbocycles. The first-order chi connectivity index (χ1) is 13.8. The third-order valence-electron chi connectivity index (χ3n) is 4.04. The van der Waals surface area contributed by atoms with Crippen molar-refractivity contribution in [1.82, 2.24) is 10.2 Å². The Balaban J connectivity index is 1.52. The van der Waals surface area contributed by atoms with Crippen molar-refractivity contribution in [3.05, 3.63) is 71.1 Å². The van der Waals surface area contributed by atoms with Crippen molar-refractivity contribution >= 4 is 23.4 Å². The average molecular weight is 421 g/mol. The van der Waals surface area contributed by atoms with E-state index in [4.69, 9.17) is 4.42 Å². The van der Waals surface area contributed by atoms with Gasteiger partial charge < -0.3 is 9.73 Å². The van der Waals surface area contributed by atoms with Crippen LogP contribution in [0.4, 0.5) is 18.9 Å². The van der Waals surface area contributed by atoms with Crippen LogP contribution in [0.15, 0.2) is 58.2 Å². The van der Waals surface area contributed by atoms with Gasteiger partial charge in [-0.2, -0.15) is 13.2 Å². The highest BCUT2D eigenvalue weighted by Crippen LogP contribution is 2.30. The molecule has 152 valence electrons. The van der Waals surface area contributed by atoms with Gasteiger partial charge in [-0.05, 0) is 35.7 Å². The zero-order valence-corrected chi connectivity index (χ0v) is 16.3. The molecule has 0 aliphatic carbocycles. The Morgan fingerprint density at radius 3 is 2.52 bits per heavy atom. The number of hydrogen-bond acceptors (Lipinski definition) is 5. The van der Waals surface area contributed by atoms with Crippen molar-refractivity contribution in [3.63, 3.8) is 0 Å². The maximum atomic E-state index is 12.7. The van der Waals surface area contributed by atoms with Gasteiger partial charge in [-0.3, -0.25) is 4.79 Å². The molecule has 5 nitrogen and oxygen atoms in total. The molecule has 0 radical (unpaired) electrons. The number of nitrogens with one attached hydrogen (secondary N) is 1. The van der Waals surface area contributed by atoms with E-state index in [9.17, 15) is 18.0 Å². The molecule has 3 aromatic rings. The highest BCUT2D eigenvalue weighted by atomic mass is 32.2. The van der Waals surface area contributed by atoms with Gasteiger partial charge in [0, 0.05) is 5.69 Å². The lowest BCUT2D eigenvalue weighted by Gasteiger charge is -2.09. The van der Waals surface area contributed by atoms with Gasteiger partial charge in [0.05, 0.1) is 17.7 Å². The Kier molecular flexibility index (Phi) is 6.58. The lowest BCUT2D eigenvalue weighted by Crippen LogP contribution is -2.15. The first-order valence-electron chi connectivity index (χ1n) is 8.83. The van der Waals surface area contributed by atoms with Crippen LogP contribution in [0.25, 0.3) is 0 Å². The molecule has 0 aliphatic heterocycles. The largest absolute Gasteiger partial charge is 0.416 e. The number of carbonyl (C=O) groups is 1. The minimum absolute atomic E-state index is 0.0664. The van der Waals surface area contributed by atoms with Gasteiger partial charge in [-0.15, -0.1) is 10.2 Å². The number of anilines is 1. The van der Waals surface area contributed by atoms with Crippen LogP contribution in [0.2, 0.25) is 0 Å². The normalized spacial score (nSPS) is 11.4. The van der Waals surface area contributed by atoms with Gasteiger partial charge in [-0.25, -0.2) is 0 Å². The summed E-state index contributed by atoms with van der Waals surface area (Å²) in [7, 11) is 0. The molecule has 3 rings (SSSR count). The summed E-state index contributed by atoms with van der Waals surface area (Å²) >= 11 is 1.02. The highest BCUT2D eigenvalue weighted by molar-refractivity contribution is 7.99. The molecular formula is C20H18F3N3O2S. The van der Waals surface area contributed by atoms with Crippen LogP contribution in [0.3, 0.4) is 0 Å². The van der Waals surface area contributed by atoms with Crippen molar-refractivity contribution in [3.8, 4) is 0 Å². The van der Waals surface area contributed by atoms with Crippen molar-refractivity contribution in [2.75, 3.05) is 11.1 Å². The van der Waals surface area contributed by atoms with E-state index in [1.165, 1.54) is 17.7 Å². The van der Waals surface area contributed by atoms with Crippen molar-refractivity contribution < 1.29 is 22.4 Å². The molecular weight excluding hydrogens is 403 g/mol. The Hall–Kier alpha value is -2.81. The number of amides is 1. The second-order valence-electron chi connectivity index (χ2n) is 6.22. The lowest BCUT2D eigenvalue weighted by molar-refractivity contribution is -0.137. The number of carbonyl (C=O) groups excluding carboxylic acids is 1. The predicted octanol–water partition coefficient (Wildman–Crippen LogP) is 4.97. The van der Waals surface area contributed by atoms with E-state index in [0.29, 0.717) is 12.3 Å². The molecule has 0 spiro atoms. The van der Waals surface area contributed by atoms with Gasteiger partial charge in [-0.1, -0.05) is 49.0 Å². The molecule has 0 saturated carbocycles. The minimum atomic E-state index is -4.47. The number of aryl methyl sites for hydroxylation is 1. The van der Waals surface area contributed by atoms with E-state index in [-0.39, 0.29) is 16.7 Å². The number of hydrogen-bond donors (Lipinski definition) is 1. The van der Waals surface area contributed by atoms with Crippen molar-refractivity contribution in [1.29, 1.82) is 0 Å². The van der Waals surface area contributed by atoms with E-state index in [2.05, 4.69) is 22.4 Å². The summed E-state index contributed by atoms with van der Waals surface area (Å²) in [6.07, 6.45) is -3.02. The number of halogens is 3. The predicted molar refractivity (Wildman–Crippen MR) is 104 cm³/mol. The molecule has 0 aliphatic rings. The fourth-order valence-corrected chi connectivity index (χ4v) is 3.11. The summed E-state index contributed by atoms with van der Waals surface area (Å²) in [5, 5.41) is 10.5. The maximum Gasteiger partial charge on any atom is 0.416 e. The Labute approximate surface area is 169 Å². The van der Waals surface area contributed by atoms with Crippen LogP contribution in [0, 0.1) is 0 Å². The second-order valence-corrected chi connectivity index (χ2v) is 7.15. The van der Waals surface area contributed by atoms with E-state index >= 15 is 0 Å². The molecule has 1 aromatic heterocycles. The second kappa shape index (κ2) is 9.13. The average Bonchev–Trinajstić information content (AvgIpc) is 3.14. The smallest absolute Gasteiger partial charge is 0.416 e. The van der Waals surface area contributed by atoms with Gasteiger partial charge in [0.1, 0.15) is 0 Å². The van der Waals surface area contributed by atoms with Gasteiger partial charge in [0.25, 0.3) is 5.22 Å². The summed E-state index contributed by atoms with van der Waals surface area (Å²) in [6.45, 7) is 2.08. The number of rotatable bonds is 7. The third kappa shape index (κ3) is 6.08. The Bertz CT molecular complexity index is 972. The fraction of sp³-hybridized carbons (Fsp3) is 0.250. The molecule has 0 unspecified atom stereocenters. The van der Waals surface area contributed by atoms with Crippen molar-refractivity contribution in [2.24, 2.45) is 0 Å². The molecule has 0 fully saturated rings. The zero-order valence-electron chi connectivity index (χ0n) is 15.5. The summed E-state index contributed by atoms with van der Waals surface area (Å²) in [5.74, 6) is -0.109. The van der Waals surface area contributed by atoms with Crippen LogP contribution in [0.1, 0.15) is 29.5 Å². The standard InChI is InChI=1S/C20H18F3N3O2S/c1-2-13-6-8-14(9-7-13)10-18-25-26-19(28-18)29-12-17(27)24-16-5-3-4-15(11-16)20(21,22)23/h3-9,11H,2,10,12H2,1H3,(H,24,27). The van der Waals surface area contributed by atoms with E-state index in [1.54, 1.807) is 0 Å². The van der Waals surface area contributed by atoms with Crippen LogP contribution in [0.5, 0.6) is 0 Å². The molecule has 29 heavy (non-hydrogen) atoms. The van der Waals surface area contributed by atoms with Gasteiger partial charge >= 0.3 is 6.18 Å². The topological polar surface area (TPSA) is 68.0 Å². The zero-order chi connectivity index (χ0) is 20.9. The SMILES string of the molecule is CCc1ccc(Cc2nnc(SCC(=O)Nc3cccc(C(F)(F)F)c3)o2)cc1. The fourth-order valence-electron chi connectivity index (χ4n) is 2.53. The first kappa shape index (κ1) is 20.9. The van der Waals surface area contributed by atoms with E-state index in [1.807, 2.05) is 24.3 Å². The summed E-state index contributed by atoms with van der Waals surface area (Å²) in [6, 6.07) is 12.5. The number of thioether (sulfide) groups is 1. The minimum Gasteiger partial charge on any atom is -0.416 e. The number of aromatic nitrogens is 2. The molecule has 9 heteroatoms. The van der Waals surface area contributed by atoms with Crippen LogP contribution in [-0.2, 0) is 23.8 Å². The number of nitrogens with zero attached hydrogens (tertiary/aromatic N) is 2. The van der Waals surface area contributed by atoms with Crippen LogP contribution < -0.4 is 5.32 Å². The monoisotopic (exact) mass is 421 g/mol. The Morgan fingerprint density at radius 1 is 1.10 bits per heavy atom. The van der Waals surface area contributed by atoms with Gasteiger partial charge in [0.15, 0.2) is 0 Å². The quantitative estimate of drug-likeness (QED) is 0.546. The van der Waals surface area contributed by atoms with E-state index < -0.39 is 17.6 Å². The summed E-state index contributed by atoms with van der Waals surface area (Å²) in [5.41, 5.74) is 1.52.